The molecule has 6 nitrogen and oxygen atoms in total. The summed E-state index contributed by atoms with van der Waals surface area (Å²) in [6.45, 7) is 4.63. The number of carboxylic acid groups (broad SMARTS) is 1. The maximum absolute atomic E-state index is 11.6. The lowest BCUT2D eigenvalue weighted by Gasteiger charge is -2.23. The van der Waals surface area contributed by atoms with Crippen molar-refractivity contribution in [1.82, 2.24) is 4.98 Å². The summed E-state index contributed by atoms with van der Waals surface area (Å²) >= 11 is 0. The molecule has 1 N–H and O–H groups in total. The fourth-order valence-corrected chi connectivity index (χ4v) is 5.95. The number of ether oxygens (including phenoxy) is 2. The highest BCUT2D eigenvalue weighted by atomic mass is 16.5. The molecule has 5 rings (SSSR count). The minimum Gasteiger partial charge on any atom is -0.493 e. The van der Waals surface area contributed by atoms with Crippen LogP contribution >= 0.6 is 0 Å². The van der Waals surface area contributed by atoms with E-state index >= 15 is 0 Å². The van der Waals surface area contributed by atoms with Crippen LogP contribution in [0, 0.1) is 6.92 Å². The van der Waals surface area contributed by atoms with Crippen molar-refractivity contribution in [3.63, 3.8) is 0 Å². The van der Waals surface area contributed by atoms with Crippen LogP contribution in [0.25, 0.3) is 17.0 Å². The number of carboxylic acids is 1. The molecule has 1 heterocycles. The van der Waals surface area contributed by atoms with Gasteiger partial charge in [-0.3, -0.25) is 0 Å². The second-order valence-corrected chi connectivity index (χ2v) is 10.6. The molecule has 0 amide bonds. The topological polar surface area (TPSA) is 81.8 Å². The van der Waals surface area contributed by atoms with Crippen LogP contribution in [0.2, 0.25) is 0 Å². The smallest absolute Gasteiger partial charge is 0.333 e. The summed E-state index contributed by atoms with van der Waals surface area (Å²) in [5.74, 6) is 2.08. The SMILES string of the molecule is CCOC(CC1=CCCc2c(OCCc3nc(-c4ccc(C5CCCCC5)cc4)oc3C)cccc21)C(=O)O. The average molecular weight is 530 g/mol. The first-order valence-corrected chi connectivity index (χ1v) is 14.4. The Kier molecular flexibility index (Phi) is 8.82. The fraction of sp³-hybridized carbons (Fsp3) is 0.455. The molecule has 2 aromatic carbocycles. The van der Waals surface area contributed by atoms with Gasteiger partial charge < -0.3 is 19.0 Å². The number of carbonyl (C=O) groups is 1. The van der Waals surface area contributed by atoms with Gasteiger partial charge in [-0.2, -0.15) is 0 Å². The van der Waals surface area contributed by atoms with Crippen LogP contribution in [0.15, 0.2) is 53.0 Å². The van der Waals surface area contributed by atoms with Crippen LogP contribution in [-0.4, -0.2) is 35.4 Å². The van der Waals surface area contributed by atoms with Crippen molar-refractivity contribution in [1.29, 1.82) is 0 Å². The number of allylic oxidation sites excluding steroid dienone is 1. The summed E-state index contributed by atoms with van der Waals surface area (Å²) in [4.78, 5) is 16.4. The molecule has 1 unspecified atom stereocenters. The highest BCUT2D eigenvalue weighted by molar-refractivity contribution is 5.79. The summed E-state index contributed by atoms with van der Waals surface area (Å²) in [7, 11) is 0. The van der Waals surface area contributed by atoms with Crippen molar-refractivity contribution in [3.8, 4) is 17.2 Å². The summed E-state index contributed by atoms with van der Waals surface area (Å²) in [5, 5.41) is 9.53. The van der Waals surface area contributed by atoms with E-state index in [1.54, 1.807) is 0 Å². The molecular weight excluding hydrogens is 490 g/mol. The first-order valence-electron chi connectivity index (χ1n) is 14.4. The first-order chi connectivity index (χ1) is 19.0. The molecule has 0 saturated heterocycles. The molecule has 0 bridgehead atoms. The molecule has 39 heavy (non-hydrogen) atoms. The van der Waals surface area contributed by atoms with Gasteiger partial charge in [-0.15, -0.1) is 0 Å². The van der Waals surface area contributed by atoms with E-state index in [4.69, 9.17) is 18.9 Å². The predicted molar refractivity (Wildman–Crippen MR) is 152 cm³/mol. The largest absolute Gasteiger partial charge is 0.493 e. The van der Waals surface area contributed by atoms with Crippen LogP contribution in [-0.2, 0) is 22.4 Å². The normalized spacial score (nSPS) is 16.4. The molecule has 1 fully saturated rings. The highest BCUT2D eigenvalue weighted by Crippen LogP contribution is 2.36. The van der Waals surface area contributed by atoms with Gasteiger partial charge in [0.15, 0.2) is 6.10 Å². The van der Waals surface area contributed by atoms with E-state index in [-0.39, 0.29) is 0 Å². The Hall–Kier alpha value is -3.38. The Morgan fingerprint density at radius 3 is 2.67 bits per heavy atom. The van der Waals surface area contributed by atoms with Gasteiger partial charge in [0.25, 0.3) is 0 Å². The van der Waals surface area contributed by atoms with Crippen molar-refractivity contribution in [3.05, 3.63) is 76.7 Å². The monoisotopic (exact) mass is 529 g/mol. The van der Waals surface area contributed by atoms with Crippen LogP contribution in [0.4, 0.5) is 0 Å². The van der Waals surface area contributed by atoms with Crippen molar-refractivity contribution in [2.24, 2.45) is 0 Å². The van der Waals surface area contributed by atoms with Crippen molar-refractivity contribution in [2.45, 2.75) is 83.7 Å². The standard InChI is InChI=1S/C33H39NO5/c1-3-37-31(33(35)36)21-26-11-7-13-28-27(26)12-8-14-30(28)38-20-19-29-22(2)39-32(34-29)25-17-15-24(16-18-25)23-9-5-4-6-10-23/h8,11-12,14-18,23,31H,3-7,9-10,13,19-21H2,1-2H3,(H,35,36). The van der Waals surface area contributed by atoms with Gasteiger partial charge in [0, 0.05) is 30.6 Å². The minimum atomic E-state index is -0.931. The van der Waals surface area contributed by atoms with E-state index in [0.717, 1.165) is 52.3 Å². The van der Waals surface area contributed by atoms with E-state index in [1.165, 1.54) is 37.7 Å². The lowest BCUT2D eigenvalue weighted by atomic mass is 9.84. The summed E-state index contributed by atoms with van der Waals surface area (Å²) < 4.78 is 17.7. The van der Waals surface area contributed by atoms with Crippen molar-refractivity contribution >= 4 is 11.5 Å². The number of rotatable bonds is 11. The number of aliphatic carboxylic acids is 1. The molecule has 1 saturated carbocycles. The molecular formula is C33H39NO5. The zero-order valence-electron chi connectivity index (χ0n) is 23.1. The van der Waals surface area contributed by atoms with Gasteiger partial charge in [0.05, 0.1) is 12.3 Å². The maximum atomic E-state index is 11.6. The Labute approximate surface area is 231 Å². The molecule has 2 aliphatic carbocycles. The van der Waals surface area contributed by atoms with Gasteiger partial charge in [-0.25, -0.2) is 9.78 Å². The van der Waals surface area contributed by atoms with Gasteiger partial charge in [0.2, 0.25) is 5.89 Å². The third kappa shape index (κ3) is 6.44. The number of aryl methyl sites for hydroxylation is 1. The Balaban J connectivity index is 1.22. The van der Waals surface area contributed by atoms with Crippen molar-refractivity contribution in [2.75, 3.05) is 13.2 Å². The Morgan fingerprint density at radius 1 is 1.13 bits per heavy atom. The molecule has 0 radical (unpaired) electrons. The average Bonchev–Trinajstić information content (AvgIpc) is 3.33. The van der Waals surface area contributed by atoms with Crippen LogP contribution in [0.1, 0.15) is 85.9 Å². The number of aromatic nitrogens is 1. The van der Waals surface area contributed by atoms with Gasteiger partial charge in [-0.05, 0) is 80.3 Å². The number of hydrogen-bond acceptors (Lipinski definition) is 5. The van der Waals surface area contributed by atoms with E-state index in [9.17, 15) is 9.90 Å². The van der Waals surface area contributed by atoms with Gasteiger partial charge in [0.1, 0.15) is 11.5 Å². The second kappa shape index (κ2) is 12.6. The third-order valence-corrected chi connectivity index (χ3v) is 8.04. The van der Waals surface area contributed by atoms with Gasteiger partial charge in [-0.1, -0.05) is 49.6 Å². The van der Waals surface area contributed by atoms with E-state index in [2.05, 4.69) is 30.3 Å². The van der Waals surface area contributed by atoms with Crippen LogP contribution < -0.4 is 4.74 Å². The second-order valence-electron chi connectivity index (χ2n) is 10.6. The summed E-state index contributed by atoms with van der Waals surface area (Å²) in [6.07, 6.45) is 10.6. The number of hydrogen-bond donors (Lipinski definition) is 1. The van der Waals surface area contributed by atoms with Gasteiger partial charge >= 0.3 is 5.97 Å². The lowest BCUT2D eigenvalue weighted by Crippen LogP contribution is -2.24. The van der Waals surface area contributed by atoms with Crippen molar-refractivity contribution < 1.29 is 23.8 Å². The number of nitrogens with zero attached hydrogens (tertiary/aromatic N) is 1. The molecule has 3 aromatic rings. The van der Waals surface area contributed by atoms with Crippen LogP contribution in [0.5, 0.6) is 5.75 Å². The summed E-state index contributed by atoms with van der Waals surface area (Å²) in [5.41, 5.74) is 6.54. The predicted octanol–water partition coefficient (Wildman–Crippen LogP) is 7.53. The zero-order valence-corrected chi connectivity index (χ0v) is 23.1. The first kappa shape index (κ1) is 27.2. The van der Waals surface area contributed by atoms with E-state index in [0.29, 0.717) is 37.9 Å². The maximum Gasteiger partial charge on any atom is 0.333 e. The molecule has 0 spiro atoms. The Bertz CT molecular complexity index is 1300. The van der Waals surface area contributed by atoms with E-state index in [1.807, 2.05) is 32.0 Å². The molecule has 1 aromatic heterocycles. The molecule has 206 valence electrons. The lowest BCUT2D eigenvalue weighted by molar-refractivity contribution is -0.149. The minimum absolute atomic E-state index is 0.349. The Morgan fingerprint density at radius 2 is 1.92 bits per heavy atom. The third-order valence-electron chi connectivity index (χ3n) is 8.04. The van der Waals surface area contributed by atoms with Crippen LogP contribution in [0.3, 0.4) is 0 Å². The fourth-order valence-electron chi connectivity index (χ4n) is 5.95. The zero-order chi connectivity index (χ0) is 27.2. The number of benzene rings is 2. The molecule has 0 aliphatic heterocycles. The quantitative estimate of drug-likeness (QED) is 0.276. The summed E-state index contributed by atoms with van der Waals surface area (Å²) in [6, 6.07) is 14.8. The molecule has 1 atom stereocenters. The number of oxazole rings is 1. The molecule has 6 heteroatoms. The number of fused-ring (bicyclic) bond motifs is 1. The highest BCUT2D eigenvalue weighted by Gasteiger charge is 2.24. The molecule has 2 aliphatic rings. The van der Waals surface area contributed by atoms with E-state index < -0.39 is 12.1 Å².